The Balaban J connectivity index is 2.57. The lowest BCUT2D eigenvalue weighted by atomic mass is 10.1. The highest BCUT2D eigenvalue weighted by Gasteiger charge is 2.28. The first kappa shape index (κ1) is 27.3. The monoisotopic (exact) mass is 473 g/mol. The second-order valence-corrected chi connectivity index (χ2v) is 7.19. The molecule has 0 unspecified atom stereocenters. The van der Waals surface area contributed by atoms with Gasteiger partial charge in [-0.3, -0.25) is 28.8 Å². The molecule has 3 atom stereocenters. The summed E-state index contributed by atoms with van der Waals surface area (Å²) in [6.45, 7) is -0.294. The van der Waals surface area contributed by atoms with Gasteiger partial charge in [-0.2, -0.15) is 0 Å². The van der Waals surface area contributed by atoms with E-state index in [1.165, 1.54) is 0 Å². The van der Waals surface area contributed by atoms with Crippen LogP contribution in [0.25, 0.3) is 0 Å². The van der Waals surface area contributed by atoms with Gasteiger partial charge in [-0.1, -0.05) is 0 Å². The lowest BCUT2D eigenvalue weighted by molar-refractivity contribution is -0.147. The number of hydrogen-bond donors (Lipinski definition) is 8. The maximum atomic E-state index is 12.3. The third-order valence-corrected chi connectivity index (χ3v) is 4.54. The lowest BCUT2D eigenvalue weighted by Crippen LogP contribution is -2.54. The first-order chi connectivity index (χ1) is 15.5. The Bertz CT molecular complexity index is 781. The molecule has 33 heavy (non-hydrogen) atoms. The van der Waals surface area contributed by atoms with Crippen molar-refractivity contribution < 1.29 is 48.9 Å². The molecule has 15 heteroatoms. The van der Waals surface area contributed by atoms with Crippen molar-refractivity contribution >= 4 is 41.5 Å². The Morgan fingerprint density at radius 2 is 1.52 bits per heavy atom. The van der Waals surface area contributed by atoms with Gasteiger partial charge in [0.05, 0.1) is 25.6 Å². The highest BCUT2D eigenvalue weighted by molar-refractivity contribution is 5.93. The third kappa shape index (κ3) is 10.9. The van der Waals surface area contributed by atoms with E-state index in [2.05, 4.69) is 21.3 Å². The van der Waals surface area contributed by atoms with Gasteiger partial charge in [-0.05, 0) is 25.8 Å². The molecule has 0 bridgehead atoms. The summed E-state index contributed by atoms with van der Waals surface area (Å²) in [6.07, 6.45) is -0.415. The fourth-order valence-electron chi connectivity index (χ4n) is 2.87. The van der Waals surface area contributed by atoms with E-state index in [0.29, 0.717) is 13.0 Å². The summed E-state index contributed by atoms with van der Waals surface area (Å²) in [4.78, 5) is 80.7. The number of carboxylic acid groups (broad SMARTS) is 3. The molecule has 0 spiro atoms. The van der Waals surface area contributed by atoms with Crippen molar-refractivity contribution in [2.45, 2.75) is 50.2 Å². The fraction of sp³-hybridized carbons (Fsp3) is 0.611. The van der Waals surface area contributed by atoms with Gasteiger partial charge < -0.3 is 41.9 Å². The standard InChI is InChI=1S/C18H27N5O10/c24-12(7-21-16(30)9-2-1-5-19-9)20-8-13(25)22-10(3-4-14(26)27)17(31)23-11(18(32)33)6-15(28)29/h9-11,19H,1-8H2,(H,20,24)(H,21,30)(H,22,25)(H,23,31)(H,26,27)(H,28,29)(H,32,33)/t9-,10-,11-/m0/s1. The number of rotatable bonds is 14. The summed E-state index contributed by atoms with van der Waals surface area (Å²) in [5.74, 6) is -7.43. The van der Waals surface area contributed by atoms with Crippen molar-refractivity contribution in [3.05, 3.63) is 0 Å². The van der Waals surface area contributed by atoms with Crippen molar-refractivity contribution in [1.82, 2.24) is 26.6 Å². The second kappa shape index (κ2) is 13.6. The normalized spacial score (nSPS) is 16.7. The molecule has 0 radical (unpaired) electrons. The number of carboxylic acids is 3. The van der Waals surface area contributed by atoms with Crippen LogP contribution >= 0.6 is 0 Å². The Hall–Kier alpha value is -3.75. The number of nitrogens with one attached hydrogen (secondary N) is 5. The zero-order chi connectivity index (χ0) is 25.0. The van der Waals surface area contributed by atoms with Gasteiger partial charge in [-0.25, -0.2) is 4.79 Å². The fourth-order valence-corrected chi connectivity index (χ4v) is 2.87. The average molecular weight is 473 g/mol. The number of aliphatic carboxylic acids is 3. The van der Waals surface area contributed by atoms with E-state index in [4.69, 9.17) is 15.3 Å². The van der Waals surface area contributed by atoms with Gasteiger partial charge >= 0.3 is 17.9 Å². The van der Waals surface area contributed by atoms with Gasteiger partial charge in [0.2, 0.25) is 23.6 Å². The smallest absolute Gasteiger partial charge is 0.326 e. The van der Waals surface area contributed by atoms with Gasteiger partial charge in [0.25, 0.3) is 0 Å². The van der Waals surface area contributed by atoms with Gasteiger partial charge in [0.1, 0.15) is 12.1 Å². The molecule has 1 aliphatic heterocycles. The largest absolute Gasteiger partial charge is 0.481 e. The minimum Gasteiger partial charge on any atom is -0.481 e. The van der Waals surface area contributed by atoms with Gasteiger partial charge in [0.15, 0.2) is 0 Å². The Kier molecular flexibility index (Phi) is 11.3. The minimum absolute atomic E-state index is 0.355. The average Bonchev–Trinajstić information content (AvgIpc) is 3.27. The van der Waals surface area contributed by atoms with E-state index in [1.54, 1.807) is 0 Å². The molecule has 0 aromatic rings. The molecule has 0 aliphatic carbocycles. The summed E-state index contributed by atoms with van der Waals surface area (Å²) in [5, 5.41) is 38.2. The number of carbonyl (C=O) groups excluding carboxylic acids is 4. The van der Waals surface area contributed by atoms with Crippen LogP contribution in [0.1, 0.15) is 32.1 Å². The first-order valence-corrected chi connectivity index (χ1v) is 10.0. The van der Waals surface area contributed by atoms with Gasteiger partial charge in [-0.15, -0.1) is 0 Å². The molecule has 1 aliphatic rings. The zero-order valence-corrected chi connectivity index (χ0v) is 17.6. The summed E-state index contributed by atoms with van der Waals surface area (Å²) < 4.78 is 0. The molecular weight excluding hydrogens is 446 g/mol. The molecule has 1 saturated heterocycles. The van der Waals surface area contributed by atoms with Crippen molar-refractivity contribution in [2.24, 2.45) is 0 Å². The number of carbonyl (C=O) groups is 7. The lowest BCUT2D eigenvalue weighted by Gasteiger charge is -2.20. The summed E-state index contributed by atoms with van der Waals surface area (Å²) >= 11 is 0. The third-order valence-electron chi connectivity index (χ3n) is 4.54. The maximum Gasteiger partial charge on any atom is 0.326 e. The van der Waals surface area contributed by atoms with E-state index < -0.39 is 73.5 Å². The predicted octanol–water partition coefficient (Wildman–Crippen LogP) is -3.64. The Morgan fingerprint density at radius 1 is 0.848 bits per heavy atom. The van der Waals surface area contributed by atoms with Crippen LogP contribution in [0.2, 0.25) is 0 Å². The summed E-state index contributed by atoms with van der Waals surface area (Å²) in [6, 6.07) is -3.67. The number of hydrogen-bond acceptors (Lipinski definition) is 8. The number of amides is 4. The van der Waals surface area contributed by atoms with Crippen molar-refractivity contribution in [3.8, 4) is 0 Å². The molecule has 1 rings (SSSR count). The molecule has 184 valence electrons. The van der Waals surface area contributed by atoms with Crippen LogP contribution in [0.4, 0.5) is 0 Å². The highest BCUT2D eigenvalue weighted by Crippen LogP contribution is 2.04. The Labute approximate surface area is 187 Å². The quantitative estimate of drug-likeness (QED) is 0.122. The molecule has 4 amide bonds. The molecule has 8 N–H and O–H groups in total. The molecule has 0 aromatic heterocycles. The molecule has 0 aromatic carbocycles. The molecule has 15 nitrogen and oxygen atoms in total. The second-order valence-electron chi connectivity index (χ2n) is 7.19. The van der Waals surface area contributed by atoms with E-state index in [0.717, 1.165) is 6.42 Å². The van der Waals surface area contributed by atoms with Crippen molar-refractivity contribution in [2.75, 3.05) is 19.6 Å². The molecule has 1 fully saturated rings. The highest BCUT2D eigenvalue weighted by atomic mass is 16.4. The van der Waals surface area contributed by atoms with Crippen LogP contribution < -0.4 is 26.6 Å². The van der Waals surface area contributed by atoms with Gasteiger partial charge in [0, 0.05) is 6.42 Å². The van der Waals surface area contributed by atoms with Crippen LogP contribution in [0, 0.1) is 0 Å². The van der Waals surface area contributed by atoms with Crippen LogP contribution in [0.3, 0.4) is 0 Å². The molecular formula is C18H27N5O10. The minimum atomic E-state index is -1.79. The van der Waals surface area contributed by atoms with E-state index in [1.807, 2.05) is 5.32 Å². The van der Waals surface area contributed by atoms with E-state index in [9.17, 15) is 33.6 Å². The van der Waals surface area contributed by atoms with Crippen LogP contribution in [0.5, 0.6) is 0 Å². The first-order valence-electron chi connectivity index (χ1n) is 10.0. The van der Waals surface area contributed by atoms with E-state index in [-0.39, 0.29) is 18.5 Å². The van der Waals surface area contributed by atoms with Crippen LogP contribution in [0.15, 0.2) is 0 Å². The zero-order valence-electron chi connectivity index (χ0n) is 17.6. The molecule has 0 saturated carbocycles. The maximum absolute atomic E-state index is 12.3. The summed E-state index contributed by atoms with van der Waals surface area (Å²) in [7, 11) is 0. The van der Waals surface area contributed by atoms with E-state index >= 15 is 0 Å². The van der Waals surface area contributed by atoms with Crippen LogP contribution in [-0.4, -0.2) is 94.6 Å². The summed E-state index contributed by atoms with van der Waals surface area (Å²) in [5.41, 5.74) is 0. The molecule has 1 heterocycles. The van der Waals surface area contributed by atoms with Crippen LogP contribution in [-0.2, 0) is 33.6 Å². The topological polar surface area (TPSA) is 240 Å². The SMILES string of the molecule is O=C(O)CC[C@H](NC(=O)CNC(=O)CNC(=O)[C@@H]1CCCN1)C(=O)N[C@@H](CC(=O)O)C(=O)O. The Morgan fingerprint density at radius 3 is 2.06 bits per heavy atom. The van der Waals surface area contributed by atoms with Crippen molar-refractivity contribution in [3.63, 3.8) is 0 Å². The van der Waals surface area contributed by atoms with Crippen molar-refractivity contribution in [1.29, 1.82) is 0 Å². The predicted molar refractivity (Wildman–Crippen MR) is 108 cm³/mol.